The summed E-state index contributed by atoms with van der Waals surface area (Å²) in [6, 6.07) is 14.8. The van der Waals surface area contributed by atoms with Gasteiger partial charge in [-0.3, -0.25) is 4.90 Å². The first-order valence-electron chi connectivity index (χ1n) is 7.76. The molecule has 3 nitrogen and oxygen atoms in total. The van der Waals surface area contributed by atoms with Crippen molar-refractivity contribution in [2.45, 2.75) is 25.8 Å². The van der Waals surface area contributed by atoms with E-state index in [2.05, 4.69) is 46.3 Å². The minimum Gasteiger partial charge on any atom is -0.384 e. The van der Waals surface area contributed by atoms with Crippen molar-refractivity contribution >= 4 is 5.82 Å². The maximum atomic E-state index is 5.63. The lowest BCUT2D eigenvalue weighted by atomic mass is 9.90. The maximum absolute atomic E-state index is 5.63. The van der Waals surface area contributed by atoms with E-state index in [1.807, 2.05) is 12.3 Å². The number of rotatable bonds is 4. The van der Waals surface area contributed by atoms with Crippen LogP contribution in [0.5, 0.6) is 0 Å². The molecule has 1 fully saturated rings. The Hall–Kier alpha value is -1.87. The van der Waals surface area contributed by atoms with E-state index in [9.17, 15) is 0 Å². The number of likely N-dealkylation sites (tertiary alicyclic amines) is 1. The highest BCUT2D eigenvalue weighted by Crippen LogP contribution is 2.22. The van der Waals surface area contributed by atoms with Crippen molar-refractivity contribution in [3.8, 4) is 0 Å². The molecule has 3 rings (SSSR count). The summed E-state index contributed by atoms with van der Waals surface area (Å²) in [5.41, 5.74) is 8.35. The Balaban J connectivity index is 1.47. The molecule has 21 heavy (non-hydrogen) atoms. The maximum Gasteiger partial charge on any atom is 0.123 e. The van der Waals surface area contributed by atoms with Crippen molar-refractivity contribution in [3.05, 3.63) is 59.8 Å². The Morgan fingerprint density at radius 3 is 2.43 bits per heavy atom. The molecule has 2 N–H and O–H groups in total. The number of piperidine rings is 1. The van der Waals surface area contributed by atoms with Gasteiger partial charge in [-0.25, -0.2) is 4.98 Å². The van der Waals surface area contributed by atoms with Gasteiger partial charge in [-0.15, -0.1) is 0 Å². The molecule has 0 radical (unpaired) electrons. The number of aromatic nitrogens is 1. The fraction of sp³-hybridized carbons (Fsp3) is 0.389. The Labute approximate surface area is 126 Å². The van der Waals surface area contributed by atoms with Gasteiger partial charge in [-0.1, -0.05) is 36.4 Å². The summed E-state index contributed by atoms with van der Waals surface area (Å²) in [5.74, 6) is 1.42. The summed E-state index contributed by atoms with van der Waals surface area (Å²) < 4.78 is 0. The second kappa shape index (κ2) is 6.72. The quantitative estimate of drug-likeness (QED) is 0.936. The molecule has 2 heterocycles. The molecule has 1 aromatic carbocycles. The molecule has 1 saturated heterocycles. The summed E-state index contributed by atoms with van der Waals surface area (Å²) in [6.07, 6.45) is 5.69. The first kappa shape index (κ1) is 14.1. The highest BCUT2D eigenvalue weighted by atomic mass is 15.1. The number of hydrogen-bond donors (Lipinski definition) is 1. The van der Waals surface area contributed by atoms with Gasteiger partial charge in [0.1, 0.15) is 5.82 Å². The standard InChI is InChI=1S/C18H23N3/c19-18-7-6-17(13-20-18)14-21-10-8-16(9-11-21)12-15-4-2-1-3-5-15/h1-7,13,16H,8-12,14H2,(H2,19,20). The third kappa shape index (κ3) is 4.05. The van der Waals surface area contributed by atoms with E-state index in [0.717, 1.165) is 12.5 Å². The summed E-state index contributed by atoms with van der Waals surface area (Å²) in [7, 11) is 0. The van der Waals surface area contributed by atoms with E-state index in [0.29, 0.717) is 5.82 Å². The van der Waals surface area contributed by atoms with Crippen molar-refractivity contribution in [1.29, 1.82) is 0 Å². The molecular formula is C18H23N3. The van der Waals surface area contributed by atoms with Crippen LogP contribution in [0.25, 0.3) is 0 Å². The molecule has 0 saturated carbocycles. The van der Waals surface area contributed by atoms with Crippen molar-refractivity contribution in [1.82, 2.24) is 9.88 Å². The number of nitrogens with zero attached hydrogens (tertiary/aromatic N) is 2. The van der Waals surface area contributed by atoms with E-state index in [-0.39, 0.29) is 0 Å². The van der Waals surface area contributed by atoms with Crippen LogP contribution in [0.1, 0.15) is 24.0 Å². The Kier molecular flexibility index (Phi) is 4.51. The van der Waals surface area contributed by atoms with Crippen LogP contribution in [0.4, 0.5) is 5.82 Å². The minimum atomic E-state index is 0.598. The van der Waals surface area contributed by atoms with Crippen LogP contribution in [-0.2, 0) is 13.0 Å². The number of pyridine rings is 1. The van der Waals surface area contributed by atoms with E-state index >= 15 is 0 Å². The molecule has 0 spiro atoms. The lowest BCUT2D eigenvalue weighted by Gasteiger charge is -2.32. The van der Waals surface area contributed by atoms with Crippen LogP contribution in [-0.4, -0.2) is 23.0 Å². The highest BCUT2D eigenvalue weighted by molar-refractivity contribution is 5.29. The molecule has 1 aliphatic heterocycles. The Bertz CT molecular complexity index is 542. The van der Waals surface area contributed by atoms with Gasteiger partial charge in [0, 0.05) is 12.7 Å². The first-order chi connectivity index (χ1) is 10.3. The Morgan fingerprint density at radius 1 is 1.00 bits per heavy atom. The lowest BCUT2D eigenvalue weighted by molar-refractivity contribution is 0.177. The molecule has 2 aromatic rings. The van der Waals surface area contributed by atoms with Gasteiger partial charge in [-0.05, 0) is 55.5 Å². The van der Waals surface area contributed by atoms with Gasteiger partial charge >= 0.3 is 0 Å². The van der Waals surface area contributed by atoms with Gasteiger partial charge < -0.3 is 5.73 Å². The molecule has 0 aliphatic carbocycles. The van der Waals surface area contributed by atoms with Gasteiger partial charge in [0.25, 0.3) is 0 Å². The highest BCUT2D eigenvalue weighted by Gasteiger charge is 2.19. The Morgan fingerprint density at radius 2 is 1.76 bits per heavy atom. The van der Waals surface area contributed by atoms with Crippen molar-refractivity contribution in [2.24, 2.45) is 5.92 Å². The third-order valence-electron chi connectivity index (χ3n) is 4.33. The number of hydrogen-bond acceptors (Lipinski definition) is 3. The minimum absolute atomic E-state index is 0.598. The molecule has 0 unspecified atom stereocenters. The second-order valence-electron chi connectivity index (χ2n) is 6.00. The van der Waals surface area contributed by atoms with Crippen molar-refractivity contribution in [2.75, 3.05) is 18.8 Å². The smallest absolute Gasteiger partial charge is 0.123 e. The van der Waals surface area contributed by atoms with E-state index < -0.39 is 0 Å². The fourth-order valence-corrected chi connectivity index (χ4v) is 3.08. The van der Waals surface area contributed by atoms with Crippen LogP contribution in [0.2, 0.25) is 0 Å². The predicted molar refractivity (Wildman–Crippen MR) is 86.8 cm³/mol. The molecular weight excluding hydrogens is 258 g/mol. The van der Waals surface area contributed by atoms with Crippen molar-refractivity contribution < 1.29 is 0 Å². The van der Waals surface area contributed by atoms with Crippen LogP contribution < -0.4 is 5.73 Å². The van der Waals surface area contributed by atoms with E-state index in [1.165, 1.54) is 43.5 Å². The van der Waals surface area contributed by atoms with E-state index in [1.54, 1.807) is 0 Å². The zero-order valence-corrected chi connectivity index (χ0v) is 12.4. The van der Waals surface area contributed by atoms with Crippen LogP contribution in [0.3, 0.4) is 0 Å². The number of benzene rings is 1. The molecule has 3 heteroatoms. The average Bonchev–Trinajstić information content (AvgIpc) is 2.53. The van der Waals surface area contributed by atoms with E-state index in [4.69, 9.17) is 5.73 Å². The zero-order chi connectivity index (χ0) is 14.5. The number of nitrogen functional groups attached to an aromatic ring is 1. The average molecular weight is 281 g/mol. The van der Waals surface area contributed by atoms with Gasteiger partial charge in [0.15, 0.2) is 0 Å². The fourth-order valence-electron chi connectivity index (χ4n) is 3.08. The first-order valence-corrected chi connectivity index (χ1v) is 7.76. The number of nitrogens with two attached hydrogens (primary N) is 1. The monoisotopic (exact) mass is 281 g/mol. The molecule has 1 aliphatic rings. The lowest BCUT2D eigenvalue weighted by Crippen LogP contribution is -2.33. The topological polar surface area (TPSA) is 42.1 Å². The molecule has 110 valence electrons. The third-order valence-corrected chi connectivity index (χ3v) is 4.33. The summed E-state index contributed by atoms with van der Waals surface area (Å²) in [4.78, 5) is 6.69. The molecule has 0 amide bonds. The normalized spacial score (nSPS) is 17.0. The second-order valence-corrected chi connectivity index (χ2v) is 6.00. The SMILES string of the molecule is Nc1ccc(CN2CCC(Cc3ccccc3)CC2)cn1. The van der Waals surface area contributed by atoms with Crippen LogP contribution >= 0.6 is 0 Å². The van der Waals surface area contributed by atoms with Crippen LogP contribution in [0.15, 0.2) is 48.7 Å². The molecule has 1 aromatic heterocycles. The van der Waals surface area contributed by atoms with Gasteiger partial charge in [0.05, 0.1) is 0 Å². The largest absolute Gasteiger partial charge is 0.384 e. The van der Waals surface area contributed by atoms with Crippen LogP contribution in [0, 0.1) is 5.92 Å². The summed E-state index contributed by atoms with van der Waals surface area (Å²) in [5, 5.41) is 0. The van der Waals surface area contributed by atoms with Gasteiger partial charge in [-0.2, -0.15) is 0 Å². The molecule has 0 bridgehead atoms. The summed E-state index contributed by atoms with van der Waals surface area (Å²) >= 11 is 0. The van der Waals surface area contributed by atoms with Gasteiger partial charge in [0.2, 0.25) is 0 Å². The number of anilines is 1. The zero-order valence-electron chi connectivity index (χ0n) is 12.4. The summed E-state index contributed by atoms with van der Waals surface area (Å²) in [6.45, 7) is 3.36. The predicted octanol–water partition coefficient (Wildman–Crippen LogP) is 3.12. The van der Waals surface area contributed by atoms with Crippen molar-refractivity contribution in [3.63, 3.8) is 0 Å². The molecule has 0 atom stereocenters.